The number of nitrogens with zero attached hydrogens (tertiary/aromatic N) is 3. The second-order valence-electron chi connectivity index (χ2n) is 5.65. The monoisotopic (exact) mass is 317 g/mol. The molecule has 0 spiro atoms. The van der Waals surface area contributed by atoms with E-state index in [1.807, 2.05) is 0 Å². The Hall–Kier alpha value is -2.45. The lowest BCUT2D eigenvalue weighted by atomic mass is 10.3. The number of hydrogen-bond acceptors (Lipinski definition) is 5. The van der Waals surface area contributed by atoms with E-state index in [0.717, 1.165) is 13.7 Å². The summed E-state index contributed by atoms with van der Waals surface area (Å²) in [7, 11) is 0. The maximum Gasteiger partial charge on any atom is 0.341 e. The molecule has 0 bridgehead atoms. The quantitative estimate of drug-likeness (QED) is 0.657. The first-order valence-electron chi connectivity index (χ1n) is 7.40. The van der Waals surface area contributed by atoms with E-state index in [1.54, 1.807) is 30.3 Å². The van der Waals surface area contributed by atoms with Gasteiger partial charge in [0.1, 0.15) is 0 Å². The summed E-state index contributed by atoms with van der Waals surface area (Å²) in [6, 6.07) is 8.57. The first kappa shape index (κ1) is 14.2. The van der Waals surface area contributed by atoms with Gasteiger partial charge in [-0.25, -0.2) is 28.1 Å². The predicted octanol–water partition coefficient (Wildman–Crippen LogP) is -1.04. The minimum Gasteiger partial charge on any atom is -0.371 e. The molecule has 2 aromatic rings. The summed E-state index contributed by atoms with van der Waals surface area (Å²) in [5, 5.41) is 0. The highest BCUT2D eigenvalue weighted by Gasteiger charge is 2.29. The van der Waals surface area contributed by atoms with Gasteiger partial charge in [0.05, 0.1) is 44.2 Å². The fourth-order valence-electron chi connectivity index (χ4n) is 2.50. The van der Waals surface area contributed by atoms with Crippen LogP contribution >= 0.6 is 0 Å². The van der Waals surface area contributed by atoms with Crippen molar-refractivity contribution in [1.29, 1.82) is 0 Å². The van der Waals surface area contributed by atoms with Crippen LogP contribution in [0, 0.1) is 0 Å². The zero-order valence-corrected chi connectivity index (χ0v) is 12.3. The highest BCUT2D eigenvalue weighted by Crippen LogP contribution is 2.11. The Morgan fingerprint density at radius 3 is 1.74 bits per heavy atom. The van der Waals surface area contributed by atoms with Crippen LogP contribution in [0.5, 0.6) is 0 Å². The van der Waals surface area contributed by atoms with Crippen LogP contribution in [-0.2, 0) is 22.6 Å². The van der Waals surface area contributed by atoms with Crippen molar-refractivity contribution in [2.45, 2.75) is 25.3 Å². The zero-order valence-electron chi connectivity index (χ0n) is 12.3. The molecule has 3 heterocycles. The fourth-order valence-corrected chi connectivity index (χ4v) is 2.50. The van der Waals surface area contributed by atoms with Gasteiger partial charge in [0.25, 0.3) is 0 Å². The van der Waals surface area contributed by atoms with E-state index in [9.17, 15) is 14.4 Å². The maximum absolute atomic E-state index is 12.7. The molecule has 2 saturated heterocycles. The molecule has 8 heteroatoms. The number of rotatable bonds is 5. The molecule has 2 unspecified atom stereocenters. The molecule has 2 fully saturated rings. The normalized spacial score (nSPS) is 22.1. The Kier molecular flexibility index (Phi) is 3.28. The van der Waals surface area contributed by atoms with E-state index in [-0.39, 0.29) is 25.3 Å². The van der Waals surface area contributed by atoms with Crippen LogP contribution in [0.3, 0.4) is 0 Å². The van der Waals surface area contributed by atoms with Crippen molar-refractivity contribution in [3.8, 4) is 5.69 Å². The Morgan fingerprint density at radius 2 is 1.30 bits per heavy atom. The Bertz CT molecular complexity index is 851. The van der Waals surface area contributed by atoms with Crippen LogP contribution in [0.2, 0.25) is 0 Å². The topological polar surface area (TPSA) is 91.1 Å². The summed E-state index contributed by atoms with van der Waals surface area (Å²) in [5.74, 6) is 0. The van der Waals surface area contributed by atoms with Gasteiger partial charge in [-0.15, -0.1) is 0 Å². The average molecular weight is 317 g/mol. The van der Waals surface area contributed by atoms with E-state index in [4.69, 9.17) is 9.47 Å². The van der Waals surface area contributed by atoms with E-state index in [0.29, 0.717) is 18.9 Å². The predicted molar refractivity (Wildman–Crippen MR) is 80.0 cm³/mol. The molecule has 2 aliphatic rings. The molecular formula is C15H15N3O5. The first-order valence-corrected chi connectivity index (χ1v) is 7.40. The summed E-state index contributed by atoms with van der Waals surface area (Å²) in [4.78, 5) is 37.8. The molecule has 1 aromatic carbocycles. The Labute approximate surface area is 130 Å². The second kappa shape index (κ2) is 5.32. The summed E-state index contributed by atoms with van der Waals surface area (Å²) in [6.45, 7) is 1.33. The van der Waals surface area contributed by atoms with Crippen LogP contribution in [0.4, 0.5) is 0 Å². The standard InChI is InChI=1S/C15H15N3O5/c19-13-16(6-11-8-22-11)14(20)18(10-4-2-1-3-5-10)15(21)17(13)7-12-9-23-12/h1-5,11-12H,6-9H2. The van der Waals surface area contributed by atoms with Crippen molar-refractivity contribution in [1.82, 2.24) is 13.7 Å². The minimum absolute atomic E-state index is 0.146. The zero-order chi connectivity index (χ0) is 16.0. The molecule has 120 valence electrons. The van der Waals surface area contributed by atoms with Crippen molar-refractivity contribution in [3.63, 3.8) is 0 Å². The number of epoxide rings is 2. The van der Waals surface area contributed by atoms with Crippen LogP contribution in [0.1, 0.15) is 0 Å². The fraction of sp³-hybridized carbons (Fsp3) is 0.400. The molecule has 4 rings (SSSR count). The number of ether oxygens (including phenoxy) is 2. The van der Waals surface area contributed by atoms with E-state index in [2.05, 4.69) is 0 Å². The number of benzene rings is 1. The van der Waals surface area contributed by atoms with Gasteiger partial charge in [-0.05, 0) is 12.1 Å². The van der Waals surface area contributed by atoms with Crippen molar-refractivity contribution < 1.29 is 9.47 Å². The van der Waals surface area contributed by atoms with Crippen molar-refractivity contribution >= 4 is 0 Å². The van der Waals surface area contributed by atoms with Crippen molar-refractivity contribution in [2.24, 2.45) is 0 Å². The van der Waals surface area contributed by atoms with Crippen LogP contribution in [0.15, 0.2) is 44.7 Å². The van der Waals surface area contributed by atoms with Gasteiger partial charge in [-0.2, -0.15) is 0 Å². The molecule has 0 N–H and O–H groups in total. The molecule has 0 radical (unpaired) electrons. The van der Waals surface area contributed by atoms with Crippen LogP contribution in [0.25, 0.3) is 5.69 Å². The molecule has 8 nitrogen and oxygen atoms in total. The van der Waals surface area contributed by atoms with Gasteiger partial charge in [-0.3, -0.25) is 0 Å². The SMILES string of the molecule is O=c1n(CC2CO2)c(=O)n(-c2ccccc2)c(=O)n1CC1CO1. The first-order chi connectivity index (χ1) is 11.1. The smallest absolute Gasteiger partial charge is 0.341 e. The molecule has 0 aliphatic carbocycles. The third-order valence-corrected chi connectivity index (χ3v) is 3.90. The second-order valence-corrected chi connectivity index (χ2v) is 5.65. The number of aromatic nitrogens is 3. The van der Waals surface area contributed by atoms with E-state index >= 15 is 0 Å². The van der Waals surface area contributed by atoms with Gasteiger partial charge in [-0.1, -0.05) is 18.2 Å². The molecule has 2 aliphatic heterocycles. The van der Waals surface area contributed by atoms with E-state index < -0.39 is 17.1 Å². The molecule has 2 atom stereocenters. The number of para-hydroxylation sites is 1. The Morgan fingerprint density at radius 1 is 0.826 bits per heavy atom. The largest absolute Gasteiger partial charge is 0.371 e. The Balaban J connectivity index is 1.94. The van der Waals surface area contributed by atoms with Gasteiger partial charge >= 0.3 is 17.1 Å². The molecule has 1 aromatic heterocycles. The highest BCUT2D eigenvalue weighted by atomic mass is 16.6. The van der Waals surface area contributed by atoms with E-state index in [1.165, 1.54) is 0 Å². The summed E-state index contributed by atoms with van der Waals surface area (Å²) in [6.07, 6.45) is -0.291. The molecule has 23 heavy (non-hydrogen) atoms. The highest BCUT2D eigenvalue weighted by molar-refractivity contribution is 5.30. The maximum atomic E-state index is 12.7. The number of hydrogen-bond donors (Lipinski definition) is 0. The summed E-state index contributed by atoms with van der Waals surface area (Å²) < 4.78 is 13.4. The lowest BCUT2D eigenvalue weighted by molar-refractivity contribution is 0.348. The van der Waals surface area contributed by atoms with Gasteiger partial charge < -0.3 is 9.47 Å². The lowest BCUT2D eigenvalue weighted by Crippen LogP contribution is -2.54. The summed E-state index contributed by atoms with van der Waals surface area (Å²) >= 11 is 0. The van der Waals surface area contributed by atoms with Crippen LogP contribution in [-0.4, -0.2) is 39.1 Å². The van der Waals surface area contributed by atoms with Crippen LogP contribution < -0.4 is 17.1 Å². The van der Waals surface area contributed by atoms with Crippen molar-refractivity contribution in [2.75, 3.05) is 13.2 Å². The van der Waals surface area contributed by atoms with Gasteiger partial charge in [0, 0.05) is 0 Å². The molecular weight excluding hydrogens is 302 g/mol. The molecule has 0 amide bonds. The van der Waals surface area contributed by atoms with Gasteiger partial charge in [0.15, 0.2) is 0 Å². The lowest BCUT2D eigenvalue weighted by Gasteiger charge is -2.12. The third kappa shape index (κ3) is 2.66. The summed E-state index contributed by atoms with van der Waals surface area (Å²) in [5.41, 5.74) is -1.47. The molecule has 0 saturated carbocycles. The third-order valence-electron chi connectivity index (χ3n) is 3.90. The minimum atomic E-state index is -0.644. The average Bonchev–Trinajstić information content (AvgIpc) is 3.45. The van der Waals surface area contributed by atoms with Gasteiger partial charge in [0.2, 0.25) is 0 Å². The van der Waals surface area contributed by atoms with Crippen molar-refractivity contribution in [3.05, 3.63) is 61.8 Å².